The van der Waals surface area contributed by atoms with Gasteiger partial charge in [0.15, 0.2) is 5.82 Å². The lowest BCUT2D eigenvalue weighted by Crippen LogP contribution is -2.37. The van der Waals surface area contributed by atoms with Crippen molar-refractivity contribution in [3.8, 4) is 0 Å². The van der Waals surface area contributed by atoms with E-state index in [1.807, 2.05) is 12.3 Å². The maximum atomic E-state index is 5.53. The standard InChI is InChI=1S/C18H23N5O/c1-4-13(5-1)18-20-17(24-21-18)12-22-10-14-6-3-9-23(14)16-7-2-8-19-15(16)11-22/h2,7-8,13-14H,1,3-6,9-12H2/t14-/m0/s1. The average Bonchev–Trinajstić information content (AvgIpc) is 3.13. The number of nitrogens with zero attached hydrogens (tertiary/aromatic N) is 5. The van der Waals surface area contributed by atoms with E-state index in [9.17, 15) is 0 Å². The summed E-state index contributed by atoms with van der Waals surface area (Å²) in [6, 6.07) is 4.84. The lowest BCUT2D eigenvalue weighted by molar-refractivity contribution is 0.210. The third kappa shape index (κ3) is 2.49. The molecule has 0 aromatic carbocycles. The van der Waals surface area contributed by atoms with Gasteiger partial charge in [-0.05, 0) is 37.8 Å². The summed E-state index contributed by atoms with van der Waals surface area (Å²) in [5.74, 6) is 2.19. The summed E-state index contributed by atoms with van der Waals surface area (Å²) < 4.78 is 5.53. The molecule has 0 radical (unpaired) electrons. The molecule has 1 aliphatic carbocycles. The van der Waals surface area contributed by atoms with Crippen molar-refractivity contribution in [2.24, 2.45) is 0 Å². The second kappa shape index (κ2) is 5.84. The predicted molar refractivity (Wildman–Crippen MR) is 89.6 cm³/mol. The molecule has 2 aromatic heterocycles. The van der Waals surface area contributed by atoms with Crippen LogP contribution in [0.3, 0.4) is 0 Å². The van der Waals surface area contributed by atoms with E-state index in [-0.39, 0.29) is 0 Å². The molecule has 1 saturated carbocycles. The Morgan fingerprint density at radius 2 is 2.17 bits per heavy atom. The Balaban J connectivity index is 1.37. The molecule has 0 spiro atoms. The Morgan fingerprint density at radius 3 is 3.04 bits per heavy atom. The van der Waals surface area contributed by atoms with E-state index in [4.69, 9.17) is 4.52 Å². The minimum absolute atomic E-state index is 0.527. The number of rotatable bonds is 3. The molecule has 0 N–H and O–H groups in total. The maximum absolute atomic E-state index is 5.53. The van der Waals surface area contributed by atoms with Crippen LogP contribution in [-0.4, -0.2) is 39.2 Å². The van der Waals surface area contributed by atoms with Crippen molar-refractivity contribution < 1.29 is 4.52 Å². The van der Waals surface area contributed by atoms with Gasteiger partial charge in [-0.2, -0.15) is 4.98 Å². The molecule has 0 bridgehead atoms. The normalized spacial score (nSPS) is 24.3. The Labute approximate surface area is 141 Å². The number of aromatic nitrogens is 3. The minimum atomic E-state index is 0.527. The van der Waals surface area contributed by atoms with Crippen molar-refractivity contribution in [1.29, 1.82) is 0 Å². The zero-order valence-corrected chi connectivity index (χ0v) is 13.9. The Kier molecular flexibility index (Phi) is 3.51. The van der Waals surface area contributed by atoms with Crippen molar-refractivity contribution in [2.75, 3.05) is 18.0 Å². The lowest BCUT2D eigenvalue weighted by atomic mass is 9.85. The van der Waals surface area contributed by atoms with Gasteiger partial charge in [-0.15, -0.1) is 0 Å². The molecule has 6 heteroatoms. The smallest absolute Gasteiger partial charge is 0.240 e. The van der Waals surface area contributed by atoms with Crippen LogP contribution in [0, 0.1) is 0 Å². The molecular formula is C18H23N5O. The minimum Gasteiger partial charge on any atom is -0.366 e. The van der Waals surface area contributed by atoms with Crippen LogP contribution in [0.2, 0.25) is 0 Å². The van der Waals surface area contributed by atoms with Crippen LogP contribution in [0.25, 0.3) is 0 Å². The second-order valence-electron chi connectivity index (χ2n) is 7.30. The van der Waals surface area contributed by atoms with Gasteiger partial charge < -0.3 is 9.42 Å². The van der Waals surface area contributed by atoms with Crippen LogP contribution in [0.15, 0.2) is 22.9 Å². The van der Waals surface area contributed by atoms with Gasteiger partial charge in [0, 0.05) is 37.8 Å². The van der Waals surface area contributed by atoms with E-state index in [1.165, 1.54) is 43.5 Å². The SMILES string of the molecule is c1cnc2c(c1)N1CCC[C@H]1CN(Cc1nc(C3CCC3)no1)C2. The molecule has 1 saturated heterocycles. The van der Waals surface area contributed by atoms with Gasteiger partial charge in [0.25, 0.3) is 0 Å². The van der Waals surface area contributed by atoms with Gasteiger partial charge in [0.05, 0.1) is 17.9 Å². The van der Waals surface area contributed by atoms with Crippen molar-refractivity contribution >= 4 is 5.69 Å². The van der Waals surface area contributed by atoms with Crippen molar-refractivity contribution in [3.05, 3.63) is 35.7 Å². The lowest BCUT2D eigenvalue weighted by Gasteiger charge is -2.26. The molecule has 0 unspecified atom stereocenters. The fourth-order valence-corrected chi connectivity index (χ4v) is 4.21. The number of hydrogen-bond acceptors (Lipinski definition) is 6. The summed E-state index contributed by atoms with van der Waals surface area (Å²) in [7, 11) is 0. The Bertz CT molecular complexity index is 726. The highest BCUT2D eigenvalue weighted by Crippen LogP contribution is 2.35. The summed E-state index contributed by atoms with van der Waals surface area (Å²) in [5.41, 5.74) is 2.48. The fourth-order valence-electron chi connectivity index (χ4n) is 4.21. The van der Waals surface area contributed by atoms with E-state index in [1.54, 1.807) is 0 Å². The number of anilines is 1. The van der Waals surface area contributed by atoms with E-state index >= 15 is 0 Å². The maximum Gasteiger partial charge on any atom is 0.240 e. The molecule has 126 valence electrons. The molecule has 2 fully saturated rings. The van der Waals surface area contributed by atoms with Crippen molar-refractivity contribution in [3.63, 3.8) is 0 Å². The first-order valence-electron chi connectivity index (χ1n) is 9.12. The summed E-state index contributed by atoms with van der Waals surface area (Å²) in [6.45, 7) is 3.76. The second-order valence-corrected chi connectivity index (χ2v) is 7.30. The summed E-state index contributed by atoms with van der Waals surface area (Å²) in [6.07, 6.45) is 8.12. The Morgan fingerprint density at radius 1 is 1.21 bits per heavy atom. The molecule has 2 aliphatic heterocycles. The highest BCUT2D eigenvalue weighted by molar-refractivity contribution is 5.53. The summed E-state index contributed by atoms with van der Waals surface area (Å²) >= 11 is 0. The average molecular weight is 325 g/mol. The molecule has 0 amide bonds. The first-order chi connectivity index (χ1) is 11.9. The molecule has 24 heavy (non-hydrogen) atoms. The van der Waals surface area contributed by atoms with Crippen LogP contribution in [-0.2, 0) is 13.1 Å². The number of pyridine rings is 1. The molecule has 3 aliphatic rings. The zero-order chi connectivity index (χ0) is 15.9. The quantitative estimate of drug-likeness (QED) is 0.865. The first-order valence-corrected chi connectivity index (χ1v) is 9.12. The number of fused-ring (bicyclic) bond motifs is 3. The largest absolute Gasteiger partial charge is 0.366 e. The van der Waals surface area contributed by atoms with Gasteiger partial charge >= 0.3 is 0 Å². The summed E-state index contributed by atoms with van der Waals surface area (Å²) in [5, 5.41) is 4.20. The molecule has 5 rings (SSSR count). The highest BCUT2D eigenvalue weighted by atomic mass is 16.5. The van der Waals surface area contributed by atoms with Crippen LogP contribution in [0.1, 0.15) is 55.4 Å². The van der Waals surface area contributed by atoms with Crippen LogP contribution in [0.5, 0.6) is 0 Å². The molecule has 2 aromatic rings. The van der Waals surface area contributed by atoms with Crippen molar-refractivity contribution in [2.45, 2.75) is 57.2 Å². The third-order valence-electron chi connectivity index (χ3n) is 5.71. The summed E-state index contributed by atoms with van der Waals surface area (Å²) in [4.78, 5) is 14.2. The molecule has 4 heterocycles. The van der Waals surface area contributed by atoms with Gasteiger partial charge in [-0.1, -0.05) is 11.6 Å². The monoisotopic (exact) mass is 325 g/mol. The fraction of sp³-hybridized carbons (Fsp3) is 0.611. The first kappa shape index (κ1) is 14.4. The zero-order valence-electron chi connectivity index (χ0n) is 13.9. The van der Waals surface area contributed by atoms with Crippen LogP contribution < -0.4 is 4.90 Å². The Hall–Kier alpha value is -1.95. The van der Waals surface area contributed by atoms with Gasteiger partial charge in [-0.3, -0.25) is 9.88 Å². The van der Waals surface area contributed by atoms with Crippen LogP contribution in [0.4, 0.5) is 5.69 Å². The van der Waals surface area contributed by atoms with E-state index in [0.29, 0.717) is 12.0 Å². The third-order valence-corrected chi connectivity index (χ3v) is 5.71. The van der Waals surface area contributed by atoms with Crippen molar-refractivity contribution in [1.82, 2.24) is 20.0 Å². The van der Waals surface area contributed by atoms with E-state index < -0.39 is 0 Å². The predicted octanol–water partition coefficient (Wildman–Crippen LogP) is 2.72. The van der Waals surface area contributed by atoms with Gasteiger partial charge in [-0.25, -0.2) is 0 Å². The molecule has 6 nitrogen and oxygen atoms in total. The van der Waals surface area contributed by atoms with Gasteiger partial charge in [0.2, 0.25) is 5.89 Å². The molecular weight excluding hydrogens is 302 g/mol. The van der Waals surface area contributed by atoms with Gasteiger partial charge in [0.1, 0.15) is 0 Å². The molecule has 1 atom stereocenters. The topological polar surface area (TPSA) is 58.3 Å². The van der Waals surface area contributed by atoms with Crippen LogP contribution >= 0.6 is 0 Å². The van der Waals surface area contributed by atoms with E-state index in [0.717, 1.165) is 37.9 Å². The highest BCUT2D eigenvalue weighted by Gasteiger charge is 2.33. The number of hydrogen-bond donors (Lipinski definition) is 0. The van der Waals surface area contributed by atoms with E-state index in [2.05, 4.69) is 31.0 Å².